The maximum atomic E-state index is 13.0. The highest BCUT2D eigenvalue weighted by Crippen LogP contribution is 2.32. The van der Waals surface area contributed by atoms with Crippen LogP contribution >= 0.6 is 0 Å². The molecule has 0 bridgehead atoms. The summed E-state index contributed by atoms with van der Waals surface area (Å²) in [5, 5.41) is 0. The number of sulfonamides is 1. The minimum Gasteiger partial charge on any atom is -0.493 e. The third-order valence-electron chi connectivity index (χ3n) is 4.69. The summed E-state index contributed by atoms with van der Waals surface area (Å²) in [6.07, 6.45) is 2.57. The zero-order chi connectivity index (χ0) is 18.0. The van der Waals surface area contributed by atoms with Gasteiger partial charge in [-0.05, 0) is 31.4 Å². The molecule has 1 aromatic rings. The first-order valence-electron chi connectivity index (χ1n) is 8.48. The number of amides is 1. The Bertz CT molecular complexity index is 745. The summed E-state index contributed by atoms with van der Waals surface area (Å²) in [7, 11) is -0.657. The first-order chi connectivity index (χ1) is 12.0. The van der Waals surface area contributed by atoms with Gasteiger partial charge in [0.25, 0.3) is 0 Å². The topological polar surface area (TPSA) is 76.2 Å². The van der Waals surface area contributed by atoms with Crippen LogP contribution in [0.2, 0.25) is 0 Å². The Morgan fingerprint density at radius 2 is 1.76 bits per heavy atom. The molecule has 2 aliphatic rings. The van der Waals surface area contributed by atoms with Crippen molar-refractivity contribution < 1.29 is 22.7 Å². The van der Waals surface area contributed by atoms with Crippen LogP contribution in [0, 0.1) is 5.92 Å². The maximum Gasteiger partial charge on any atom is 0.243 e. The van der Waals surface area contributed by atoms with E-state index in [9.17, 15) is 13.2 Å². The molecule has 7 nitrogen and oxygen atoms in total. The zero-order valence-corrected chi connectivity index (χ0v) is 15.4. The number of rotatable bonds is 5. The van der Waals surface area contributed by atoms with Crippen molar-refractivity contribution in [2.45, 2.75) is 24.2 Å². The zero-order valence-electron chi connectivity index (χ0n) is 14.6. The summed E-state index contributed by atoms with van der Waals surface area (Å²) in [6.45, 7) is 1.79. The monoisotopic (exact) mass is 368 g/mol. The predicted molar refractivity (Wildman–Crippen MR) is 92.2 cm³/mol. The predicted octanol–water partition coefficient (Wildman–Crippen LogP) is 1.34. The lowest BCUT2D eigenvalue weighted by Crippen LogP contribution is -2.37. The molecule has 0 unspecified atom stereocenters. The van der Waals surface area contributed by atoms with E-state index in [1.807, 2.05) is 4.90 Å². The van der Waals surface area contributed by atoms with Crippen molar-refractivity contribution in [1.82, 2.24) is 9.21 Å². The van der Waals surface area contributed by atoms with E-state index < -0.39 is 10.0 Å². The van der Waals surface area contributed by atoms with Crippen molar-refractivity contribution in [3.8, 4) is 11.5 Å². The first-order valence-corrected chi connectivity index (χ1v) is 9.92. The SMILES string of the molecule is COc1ccc(S(=O)(=O)N2CCCN(C(=O)C3CC3)CC2)cc1OC. The van der Waals surface area contributed by atoms with Crippen LogP contribution in [0.25, 0.3) is 0 Å². The van der Waals surface area contributed by atoms with Crippen molar-refractivity contribution in [2.24, 2.45) is 5.92 Å². The second-order valence-corrected chi connectivity index (χ2v) is 8.31. The Labute approximate surface area is 148 Å². The molecule has 1 heterocycles. The van der Waals surface area contributed by atoms with Gasteiger partial charge in [0, 0.05) is 38.2 Å². The van der Waals surface area contributed by atoms with Crippen LogP contribution in [0.1, 0.15) is 19.3 Å². The highest BCUT2D eigenvalue weighted by Gasteiger charge is 2.35. The molecule has 1 saturated carbocycles. The molecular weight excluding hydrogens is 344 g/mol. The maximum absolute atomic E-state index is 13.0. The summed E-state index contributed by atoms with van der Waals surface area (Å²) in [4.78, 5) is 14.2. The number of nitrogens with zero attached hydrogens (tertiary/aromatic N) is 2. The number of carbonyl (C=O) groups excluding carboxylic acids is 1. The highest BCUT2D eigenvalue weighted by atomic mass is 32.2. The number of methoxy groups -OCH3 is 2. The van der Waals surface area contributed by atoms with E-state index in [1.165, 1.54) is 30.7 Å². The van der Waals surface area contributed by atoms with Crippen molar-refractivity contribution >= 4 is 15.9 Å². The number of carbonyl (C=O) groups is 1. The number of hydrogen-bond donors (Lipinski definition) is 0. The van der Waals surface area contributed by atoms with Crippen molar-refractivity contribution in [3.63, 3.8) is 0 Å². The molecule has 0 radical (unpaired) electrons. The molecule has 0 spiro atoms. The molecule has 0 aromatic heterocycles. The Hall–Kier alpha value is -1.80. The Morgan fingerprint density at radius 3 is 2.40 bits per heavy atom. The van der Waals surface area contributed by atoms with E-state index in [4.69, 9.17) is 9.47 Å². The molecule has 1 aliphatic heterocycles. The highest BCUT2D eigenvalue weighted by molar-refractivity contribution is 7.89. The minimum atomic E-state index is -3.64. The minimum absolute atomic E-state index is 0.161. The lowest BCUT2D eigenvalue weighted by molar-refractivity contribution is -0.132. The quantitative estimate of drug-likeness (QED) is 0.784. The van der Waals surface area contributed by atoms with Crippen LogP contribution < -0.4 is 9.47 Å². The van der Waals surface area contributed by atoms with Crippen LogP contribution in [0.5, 0.6) is 11.5 Å². The van der Waals surface area contributed by atoms with Crippen LogP contribution in [0.3, 0.4) is 0 Å². The van der Waals surface area contributed by atoms with Gasteiger partial charge in [0.05, 0.1) is 19.1 Å². The number of hydrogen-bond acceptors (Lipinski definition) is 5. The van der Waals surface area contributed by atoms with E-state index in [1.54, 1.807) is 6.07 Å². The largest absolute Gasteiger partial charge is 0.493 e. The molecule has 138 valence electrons. The van der Waals surface area contributed by atoms with Gasteiger partial charge >= 0.3 is 0 Å². The van der Waals surface area contributed by atoms with Gasteiger partial charge < -0.3 is 14.4 Å². The fourth-order valence-electron chi connectivity index (χ4n) is 3.07. The molecule has 25 heavy (non-hydrogen) atoms. The molecule has 2 fully saturated rings. The van der Waals surface area contributed by atoms with Crippen LogP contribution in [-0.4, -0.2) is 63.9 Å². The molecule has 3 rings (SSSR count). The van der Waals surface area contributed by atoms with E-state index >= 15 is 0 Å². The third kappa shape index (κ3) is 3.74. The molecule has 0 N–H and O–H groups in total. The van der Waals surface area contributed by atoms with Gasteiger partial charge in [0.1, 0.15) is 0 Å². The van der Waals surface area contributed by atoms with E-state index in [0.29, 0.717) is 44.1 Å². The summed E-state index contributed by atoms with van der Waals surface area (Å²) < 4.78 is 37.7. The van der Waals surface area contributed by atoms with Gasteiger partial charge in [0.2, 0.25) is 15.9 Å². The molecule has 1 aliphatic carbocycles. The number of ether oxygens (including phenoxy) is 2. The van der Waals surface area contributed by atoms with Gasteiger partial charge in [-0.3, -0.25) is 4.79 Å². The van der Waals surface area contributed by atoms with Crippen molar-refractivity contribution in [1.29, 1.82) is 0 Å². The standard InChI is InChI=1S/C17H24N2O5S/c1-23-15-7-6-14(12-16(15)24-2)25(21,22)19-9-3-8-18(10-11-19)17(20)13-4-5-13/h6-7,12-13H,3-5,8-11H2,1-2H3. The molecule has 1 amide bonds. The lowest BCUT2D eigenvalue weighted by Gasteiger charge is -2.22. The molecule has 1 saturated heterocycles. The normalized spacial score (nSPS) is 19.4. The summed E-state index contributed by atoms with van der Waals surface area (Å²) in [6, 6.07) is 4.59. The summed E-state index contributed by atoms with van der Waals surface area (Å²) >= 11 is 0. The second-order valence-electron chi connectivity index (χ2n) is 6.37. The van der Waals surface area contributed by atoms with Crippen molar-refractivity contribution in [2.75, 3.05) is 40.4 Å². The summed E-state index contributed by atoms with van der Waals surface area (Å²) in [5.41, 5.74) is 0. The van der Waals surface area contributed by atoms with Crippen LogP contribution in [-0.2, 0) is 14.8 Å². The first kappa shape index (κ1) is 18.0. The number of benzene rings is 1. The van der Waals surface area contributed by atoms with Crippen molar-refractivity contribution in [3.05, 3.63) is 18.2 Å². The molecule has 1 aromatic carbocycles. The van der Waals surface area contributed by atoms with E-state index in [0.717, 1.165) is 12.8 Å². The van der Waals surface area contributed by atoms with Gasteiger partial charge in [-0.1, -0.05) is 0 Å². The Balaban J connectivity index is 1.76. The molecule has 8 heteroatoms. The van der Waals surface area contributed by atoms with E-state index in [2.05, 4.69) is 0 Å². The van der Waals surface area contributed by atoms with Crippen LogP contribution in [0.4, 0.5) is 0 Å². The summed E-state index contributed by atoms with van der Waals surface area (Å²) in [5.74, 6) is 1.20. The van der Waals surface area contributed by atoms with Gasteiger partial charge in [0.15, 0.2) is 11.5 Å². The fourth-order valence-corrected chi connectivity index (χ4v) is 4.55. The van der Waals surface area contributed by atoms with Gasteiger partial charge in [-0.25, -0.2) is 8.42 Å². The molecular formula is C17H24N2O5S. The van der Waals surface area contributed by atoms with Gasteiger partial charge in [-0.15, -0.1) is 0 Å². The lowest BCUT2D eigenvalue weighted by atomic mass is 10.3. The fraction of sp³-hybridized carbons (Fsp3) is 0.588. The van der Waals surface area contributed by atoms with E-state index in [-0.39, 0.29) is 16.7 Å². The van der Waals surface area contributed by atoms with Gasteiger partial charge in [-0.2, -0.15) is 4.31 Å². The third-order valence-corrected chi connectivity index (χ3v) is 6.58. The molecule has 0 atom stereocenters. The second kappa shape index (κ2) is 7.21. The van der Waals surface area contributed by atoms with Crippen LogP contribution in [0.15, 0.2) is 23.1 Å². The Morgan fingerprint density at radius 1 is 1.04 bits per heavy atom. The average molecular weight is 368 g/mol. The Kier molecular flexibility index (Phi) is 5.19. The smallest absolute Gasteiger partial charge is 0.243 e. The average Bonchev–Trinajstić information content (AvgIpc) is 3.46.